The van der Waals surface area contributed by atoms with E-state index in [0.29, 0.717) is 28.2 Å². The van der Waals surface area contributed by atoms with E-state index in [4.69, 9.17) is 0 Å². The van der Waals surface area contributed by atoms with Crippen molar-refractivity contribution in [2.45, 2.75) is 24.3 Å². The van der Waals surface area contributed by atoms with E-state index in [1.165, 1.54) is 41.1 Å². The molecule has 1 saturated heterocycles. The number of likely N-dealkylation sites (tertiary alicyclic amines) is 1. The van der Waals surface area contributed by atoms with Crippen LogP contribution in [0.15, 0.2) is 85.2 Å². The Kier molecular flexibility index (Phi) is 8.34. The number of urea groups is 1. The fourth-order valence-electron chi connectivity index (χ4n) is 5.36. The minimum absolute atomic E-state index is 0.00570. The average molecular weight is 634 g/mol. The van der Waals surface area contributed by atoms with Crippen molar-refractivity contribution in [3.05, 3.63) is 113 Å². The van der Waals surface area contributed by atoms with Crippen molar-refractivity contribution >= 4 is 17.6 Å². The fraction of sp³-hybridized carbons (Fsp3) is 0.258. The van der Waals surface area contributed by atoms with E-state index in [1.54, 1.807) is 47.4 Å². The Hall–Kier alpha value is -4.88. The minimum atomic E-state index is -5.09. The normalized spacial score (nSPS) is 17.0. The lowest BCUT2D eigenvalue weighted by Crippen LogP contribution is -2.47. The van der Waals surface area contributed by atoms with Crippen LogP contribution in [0.3, 0.4) is 0 Å². The van der Waals surface area contributed by atoms with Crippen molar-refractivity contribution in [1.82, 2.24) is 19.6 Å². The SMILES string of the molecule is CN(C(=O)N(C)[C@@H]1CN(C(=O)c2ccc(-n3cccn3)cc2)C[C@H]1c1ccc(F)cc1)c1cc(C(F)(F)F)cc(C(F)(F)F)c1. The van der Waals surface area contributed by atoms with Crippen LogP contribution in [0.1, 0.15) is 33.0 Å². The molecule has 3 amide bonds. The highest BCUT2D eigenvalue weighted by Crippen LogP contribution is 2.39. The molecule has 4 aromatic rings. The number of aromatic nitrogens is 2. The Morgan fingerprint density at radius 2 is 1.44 bits per heavy atom. The molecule has 7 nitrogen and oxygen atoms in total. The number of alkyl halides is 6. The first kappa shape index (κ1) is 31.5. The van der Waals surface area contributed by atoms with Gasteiger partial charge in [0.15, 0.2) is 0 Å². The summed E-state index contributed by atoms with van der Waals surface area (Å²) in [5, 5.41) is 4.15. The first-order valence-electron chi connectivity index (χ1n) is 13.6. The summed E-state index contributed by atoms with van der Waals surface area (Å²) < 4.78 is 96.2. The zero-order valence-electron chi connectivity index (χ0n) is 23.9. The van der Waals surface area contributed by atoms with Gasteiger partial charge in [-0.2, -0.15) is 31.4 Å². The van der Waals surface area contributed by atoms with Crippen LogP contribution >= 0.6 is 0 Å². The van der Waals surface area contributed by atoms with E-state index in [2.05, 4.69) is 5.10 Å². The Morgan fingerprint density at radius 3 is 1.98 bits per heavy atom. The Bertz CT molecular complexity index is 1640. The van der Waals surface area contributed by atoms with Crippen molar-refractivity contribution in [3.63, 3.8) is 0 Å². The molecule has 3 aromatic carbocycles. The number of hydrogen-bond donors (Lipinski definition) is 0. The van der Waals surface area contributed by atoms with Gasteiger partial charge in [-0.3, -0.25) is 9.69 Å². The van der Waals surface area contributed by atoms with Gasteiger partial charge in [0.1, 0.15) is 5.82 Å². The van der Waals surface area contributed by atoms with Gasteiger partial charge >= 0.3 is 18.4 Å². The Labute approximate surface area is 253 Å². The van der Waals surface area contributed by atoms with Gasteiger partial charge in [0.2, 0.25) is 0 Å². The molecule has 0 spiro atoms. The number of carbonyl (C=O) groups is 2. The van der Waals surface area contributed by atoms with Crippen LogP contribution in [-0.4, -0.2) is 64.7 Å². The predicted molar refractivity (Wildman–Crippen MR) is 150 cm³/mol. The molecule has 1 aliphatic heterocycles. The van der Waals surface area contributed by atoms with Crippen molar-refractivity contribution in [3.8, 4) is 5.69 Å². The van der Waals surface area contributed by atoms with Crippen molar-refractivity contribution < 1.29 is 40.3 Å². The number of nitrogens with zero attached hydrogens (tertiary/aromatic N) is 5. The van der Waals surface area contributed by atoms with E-state index in [9.17, 15) is 40.3 Å². The van der Waals surface area contributed by atoms with E-state index >= 15 is 0 Å². The molecule has 2 heterocycles. The fourth-order valence-corrected chi connectivity index (χ4v) is 5.36. The van der Waals surface area contributed by atoms with Crippen LogP contribution in [0.5, 0.6) is 0 Å². The Morgan fingerprint density at radius 1 is 0.844 bits per heavy atom. The molecule has 14 heteroatoms. The number of benzene rings is 3. The lowest BCUT2D eigenvalue weighted by atomic mass is 9.93. The number of amides is 3. The summed E-state index contributed by atoms with van der Waals surface area (Å²) in [5.41, 5.74) is -2.08. The predicted octanol–water partition coefficient (Wildman–Crippen LogP) is 6.85. The van der Waals surface area contributed by atoms with Crippen molar-refractivity contribution in [2.75, 3.05) is 32.1 Å². The standard InChI is InChI=1S/C31H26F7N5O2/c1-40(25-15-21(30(33,34)35)14-22(16-25)31(36,37)38)29(45)41(2)27-18-42(17-26(27)19-4-8-23(32)9-5-19)28(44)20-6-10-24(11-7-20)43-13-3-12-39-43/h3-16,26-27H,17-18H2,1-2H3/t26-,27+/m0/s1. The molecule has 236 valence electrons. The molecule has 2 atom stereocenters. The summed E-state index contributed by atoms with van der Waals surface area (Å²) in [4.78, 5) is 30.5. The molecule has 1 aromatic heterocycles. The highest BCUT2D eigenvalue weighted by atomic mass is 19.4. The van der Waals surface area contributed by atoms with Crippen molar-refractivity contribution in [1.29, 1.82) is 0 Å². The highest BCUT2D eigenvalue weighted by Gasteiger charge is 2.42. The molecule has 5 rings (SSSR count). The molecular weight excluding hydrogens is 607 g/mol. The third-order valence-electron chi connectivity index (χ3n) is 7.80. The monoisotopic (exact) mass is 633 g/mol. The lowest BCUT2D eigenvalue weighted by molar-refractivity contribution is -0.143. The van der Waals surface area contributed by atoms with Crippen molar-refractivity contribution in [2.24, 2.45) is 0 Å². The van der Waals surface area contributed by atoms with E-state index in [1.807, 2.05) is 0 Å². The molecule has 1 aliphatic rings. The number of hydrogen-bond acceptors (Lipinski definition) is 3. The maximum Gasteiger partial charge on any atom is 0.416 e. The molecule has 0 N–H and O–H groups in total. The van der Waals surface area contributed by atoms with Gasteiger partial charge in [-0.1, -0.05) is 12.1 Å². The number of rotatable bonds is 5. The van der Waals surface area contributed by atoms with Crippen LogP contribution in [0.25, 0.3) is 5.69 Å². The van der Waals surface area contributed by atoms with Crippen LogP contribution in [-0.2, 0) is 12.4 Å². The lowest BCUT2D eigenvalue weighted by Gasteiger charge is -2.33. The van der Waals surface area contributed by atoms with E-state index in [-0.39, 0.29) is 25.1 Å². The summed E-state index contributed by atoms with van der Waals surface area (Å²) in [5.74, 6) is -1.42. The van der Waals surface area contributed by atoms with Gasteiger partial charge in [-0.25, -0.2) is 13.9 Å². The van der Waals surface area contributed by atoms with Crippen LogP contribution in [0, 0.1) is 5.82 Å². The third kappa shape index (κ3) is 6.64. The summed E-state index contributed by atoms with van der Waals surface area (Å²) in [6.07, 6.45) is -6.84. The molecule has 0 bridgehead atoms. The molecule has 0 unspecified atom stereocenters. The summed E-state index contributed by atoms with van der Waals surface area (Å²) >= 11 is 0. The molecule has 0 saturated carbocycles. The first-order valence-corrected chi connectivity index (χ1v) is 13.6. The zero-order valence-corrected chi connectivity index (χ0v) is 23.9. The first-order chi connectivity index (χ1) is 21.1. The topological polar surface area (TPSA) is 61.7 Å². The highest BCUT2D eigenvalue weighted by molar-refractivity contribution is 5.95. The summed E-state index contributed by atoms with van der Waals surface area (Å²) in [6, 6.07) is 13.1. The maximum atomic E-state index is 13.7. The third-order valence-corrected chi connectivity index (χ3v) is 7.80. The van der Waals surface area contributed by atoms with Gasteiger partial charge in [-0.05, 0) is 66.2 Å². The zero-order chi connectivity index (χ0) is 32.7. The minimum Gasteiger partial charge on any atom is -0.336 e. The van der Waals surface area contributed by atoms with Crippen LogP contribution in [0.4, 0.5) is 41.2 Å². The van der Waals surface area contributed by atoms with Gasteiger partial charge < -0.3 is 9.80 Å². The number of anilines is 1. The van der Waals surface area contributed by atoms with E-state index < -0.39 is 53.0 Å². The van der Waals surface area contributed by atoms with Gasteiger partial charge in [0.05, 0.1) is 22.9 Å². The molecule has 0 radical (unpaired) electrons. The van der Waals surface area contributed by atoms with Gasteiger partial charge in [0.25, 0.3) is 5.91 Å². The second-order valence-corrected chi connectivity index (χ2v) is 10.6. The quantitative estimate of drug-likeness (QED) is 0.226. The molecule has 45 heavy (non-hydrogen) atoms. The van der Waals surface area contributed by atoms with Crippen LogP contribution < -0.4 is 4.90 Å². The van der Waals surface area contributed by atoms with E-state index in [0.717, 1.165) is 12.7 Å². The molecule has 0 aliphatic carbocycles. The second-order valence-electron chi connectivity index (χ2n) is 10.6. The largest absolute Gasteiger partial charge is 0.416 e. The number of carbonyl (C=O) groups excluding carboxylic acids is 2. The van der Waals surface area contributed by atoms with Gasteiger partial charge in [0, 0.05) is 56.7 Å². The smallest absolute Gasteiger partial charge is 0.336 e. The van der Waals surface area contributed by atoms with Crippen LogP contribution in [0.2, 0.25) is 0 Å². The second kappa shape index (κ2) is 11.9. The Balaban J connectivity index is 1.43. The number of halogens is 7. The maximum absolute atomic E-state index is 13.7. The summed E-state index contributed by atoms with van der Waals surface area (Å²) in [7, 11) is 2.42. The molecule has 1 fully saturated rings. The summed E-state index contributed by atoms with van der Waals surface area (Å²) in [6.45, 7) is 0.105. The van der Waals surface area contributed by atoms with Gasteiger partial charge in [-0.15, -0.1) is 0 Å². The average Bonchev–Trinajstić information content (AvgIpc) is 3.70. The number of likely N-dealkylation sites (N-methyl/N-ethyl adjacent to an activating group) is 1. The molecular formula is C31H26F7N5O2.